The summed E-state index contributed by atoms with van der Waals surface area (Å²) in [7, 11) is 3.67. The van der Waals surface area contributed by atoms with Gasteiger partial charge in [-0.2, -0.15) is 10.1 Å². The number of aromatic nitrogens is 5. The molecular weight excluding hydrogens is 418 g/mol. The number of fused-ring (bicyclic) bond motifs is 1. The molecule has 10 nitrogen and oxygen atoms in total. The number of hydrogen-bond donors (Lipinski definition) is 4. The Bertz CT molecular complexity index is 1310. The highest BCUT2D eigenvalue weighted by molar-refractivity contribution is 6.00. The summed E-state index contributed by atoms with van der Waals surface area (Å²) in [4.78, 5) is 17.0. The van der Waals surface area contributed by atoms with E-state index in [2.05, 4.69) is 15.7 Å². The predicted molar refractivity (Wildman–Crippen MR) is 129 cm³/mol. The molecule has 1 saturated carbocycles. The molecule has 0 spiro atoms. The van der Waals surface area contributed by atoms with Gasteiger partial charge in [-0.1, -0.05) is 18.9 Å². The predicted octanol–water partition coefficient (Wildman–Crippen LogP) is 2.62. The van der Waals surface area contributed by atoms with Crippen molar-refractivity contribution in [3.63, 3.8) is 0 Å². The van der Waals surface area contributed by atoms with Gasteiger partial charge in [0, 0.05) is 55.7 Å². The molecule has 1 aliphatic rings. The third-order valence-corrected chi connectivity index (χ3v) is 6.39. The summed E-state index contributed by atoms with van der Waals surface area (Å²) in [5.41, 5.74) is 14.2. The molecular formula is C23H29N9O. The molecule has 0 aliphatic heterocycles. The van der Waals surface area contributed by atoms with Crippen LogP contribution in [0.1, 0.15) is 36.2 Å². The summed E-state index contributed by atoms with van der Waals surface area (Å²) in [6.45, 7) is 0. The fourth-order valence-corrected chi connectivity index (χ4v) is 4.64. The Kier molecular flexibility index (Phi) is 5.29. The van der Waals surface area contributed by atoms with Gasteiger partial charge in [0.05, 0.1) is 5.52 Å². The molecule has 3 heterocycles. The van der Waals surface area contributed by atoms with Gasteiger partial charge in [0.25, 0.3) is 5.91 Å². The Morgan fingerprint density at radius 2 is 1.94 bits per heavy atom. The lowest BCUT2D eigenvalue weighted by molar-refractivity contribution is 0.0993. The smallest absolute Gasteiger partial charge is 0.269 e. The highest BCUT2D eigenvalue weighted by Crippen LogP contribution is 2.31. The fourth-order valence-electron chi connectivity index (χ4n) is 4.64. The number of aryl methyl sites for hydroxylation is 1. The third kappa shape index (κ3) is 3.82. The van der Waals surface area contributed by atoms with Gasteiger partial charge < -0.3 is 26.7 Å². The molecule has 2 atom stereocenters. The highest BCUT2D eigenvalue weighted by atomic mass is 16.1. The number of hydrogen-bond acceptors (Lipinski definition) is 6. The zero-order valence-electron chi connectivity index (χ0n) is 18.8. The van der Waals surface area contributed by atoms with Crippen molar-refractivity contribution in [1.82, 2.24) is 23.9 Å². The van der Waals surface area contributed by atoms with Crippen LogP contribution in [-0.4, -0.2) is 41.9 Å². The first-order valence-corrected chi connectivity index (χ1v) is 11.2. The number of carbonyl (C=O) groups excluding carboxylic acids is 1. The van der Waals surface area contributed by atoms with Crippen molar-refractivity contribution in [2.75, 3.05) is 10.6 Å². The number of nitrogens with two attached hydrogens (primary N) is 2. The normalized spacial score (nSPS) is 18.5. The number of imidazole rings is 1. The van der Waals surface area contributed by atoms with Gasteiger partial charge in [0.1, 0.15) is 0 Å². The van der Waals surface area contributed by atoms with Gasteiger partial charge >= 0.3 is 0 Å². The van der Waals surface area contributed by atoms with Crippen LogP contribution in [0.25, 0.3) is 16.7 Å². The summed E-state index contributed by atoms with van der Waals surface area (Å²) >= 11 is 0. The number of amides is 1. The van der Waals surface area contributed by atoms with Gasteiger partial charge in [-0.15, -0.1) is 0 Å². The second-order valence-corrected chi connectivity index (χ2v) is 8.65. The van der Waals surface area contributed by atoms with E-state index in [4.69, 9.17) is 16.5 Å². The van der Waals surface area contributed by atoms with E-state index in [-0.39, 0.29) is 12.1 Å². The van der Waals surface area contributed by atoms with Crippen LogP contribution in [0, 0.1) is 0 Å². The van der Waals surface area contributed by atoms with E-state index in [1.807, 2.05) is 54.3 Å². The summed E-state index contributed by atoms with van der Waals surface area (Å²) < 4.78 is 5.49. The number of carbonyl (C=O) groups is 1. The minimum atomic E-state index is -0.549. The van der Waals surface area contributed by atoms with Gasteiger partial charge in [-0.25, -0.2) is 0 Å². The Morgan fingerprint density at radius 1 is 1.12 bits per heavy atom. The first kappa shape index (κ1) is 21.1. The molecule has 0 unspecified atom stereocenters. The molecule has 172 valence electrons. The van der Waals surface area contributed by atoms with E-state index >= 15 is 0 Å². The number of nitrogens with one attached hydrogen (secondary N) is 2. The Balaban J connectivity index is 1.50. The number of nitrogens with zero attached hydrogens (tertiary/aromatic N) is 5. The van der Waals surface area contributed by atoms with Crippen LogP contribution in [0.2, 0.25) is 0 Å². The minimum absolute atomic E-state index is 0.0593. The molecule has 6 N–H and O–H groups in total. The lowest BCUT2D eigenvalue weighted by Crippen LogP contribution is -2.43. The molecule has 0 bridgehead atoms. The second-order valence-electron chi connectivity index (χ2n) is 8.65. The monoisotopic (exact) mass is 447 g/mol. The summed E-state index contributed by atoms with van der Waals surface area (Å²) in [6, 6.07) is 10.1. The van der Waals surface area contributed by atoms with Crippen molar-refractivity contribution in [2.45, 2.75) is 37.8 Å². The van der Waals surface area contributed by atoms with Crippen LogP contribution in [0.15, 0.2) is 42.7 Å². The standard InChI is InChI=1S/C23H29N9O/c1-30-12-11-19(29-30)32-13-10-14-16(8-5-9-18(14)32)26-22-20(21(25)33)31(2)23(28-22)27-17-7-4-3-6-15(17)24/h5,8-13,15,17,26H,3-4,6-7,24H2,1-2H3,(H2,25,33)(H,27,28)/t15-,17+/m0/s1. The van der Waals surface area contributed by atoms with Gasteiger partial charge in [-0.3, -0.25) is 14.0 Å². The van der Waals surface area contributed by atoms with Crippen molar-refractivity contribution >= 4 is 34.3 Å². The Hall–Kier alpha value is -3.79. The summed E-state index contributed by atoms with van der Waals surface area (Å²) in [5.74, 6) is 1.27. The van der Waals surface area contributed by atoms with Gasteiger partial charge in [0.15, 0.2) is 17.3 Å². The van der Waals surface area contributed by atoms with Crippen molar-refractivity contribution < 1.29 is 4.79 Å². The van der Waals surface area contributed by atoms with Crippen molar-refractivity contribution in [3.05, 3.63) is 48.4 Å². The van der Waals surface area contributed by atoms with Crippen molar-refractivity contribution in [1.29, 1.82) is 0 Å². The van der Waals surface area contributed by atoms with Crippen LogP contribution in [0.3, 0.4) is 0 Å². The summed E-state index contributed by atoms with van der Waals surface area (Å²) in [6.07, 6.45) is 8.10. The van der Waals surface area contributed by atoms with Gasteiger partial charge in [-0.05, 0) is 31.0 Å². The number of primary amides is 1. The molecule has 3 aromatic heterocycles. The average molecular weight is 448 g/mol. The lowest BCUT2D eigenvalue weighted by Gasteiger charge is -2.29. The van der Waals surface area contributed by atoms with E-state index in [9.17, 15) is 4.79 Å². The van der Waals surface area contributed by atoms with E-state index in [0.717, 1.165) is 48.1 Å². The molecule has 4 aromatic rings. The maximum atomic E-state index is 12.3. The van der Waals surface area contributed by atoms with Crippen LogP contribution in [0.4, 0.5) is 17.5 Å². The molecule has 5 rings (SSSR count). The topological polar surface area (TPSA) is 134 Å². The number of rotatable bonds is 6. The SMILES string of the molecule is Cn1ccc(-n2ccc3c(Nc4nc(N[C@@H]5CCCC[C@@H]5N)n(C)c4C(N)=O)cccc32)n1. The largest absolute Gasteiger partial charge is 0.364 e. The molecule has 0 radical (unpaired) electrons. The maximum Gasteiger partial charge on any atom is 0.269 e. The Labute approximate surface area is 191 Å². The zero-order valence-corrected chi connectivity index (χ0v) is 18.8. The fraction of sp³-hybridized carbons (Fsp3) is 0.348. The first-order chi connectivity index (χ1) is 15.9. The van der Waals surface area contributed by atoms with Gasteiger partial charge in [0.2, 0.25) is 5.95 Å². The Morgan fingerprint density at radius 3 is 2.67 bits per heavy atom. The van der Waals surface area contributed by atoms with E-state index in [1.165, 1.54) is 0 Å². The minimum Gasteiger partial charge on any atom is -0.364 e. The number of benzene rings is 1. The van der Waals surface area contributed by atoms with Crippen LogP contribution >= 0.6 is 0 Å². The van der Waals surface area contributed by atoms with Crippen LogP contribution in [-0.2, 0) is 14.1 Å². The zero-order chi connectivity index (χ0) is 23.1. The molecule has 1 fully saturated rings. The third-order valence-electron chi connectivity index (χ3n) is 6.39. The van der Waals surface area contributed by atoms with Crippen LogP contribution in [0.5, 0.6) is 0 Å². The molecule has 33 heavy (non-hydrogen) atoms. The van der Waals surface area contributed by atoms with E-state index in [0.29, 0.717) is 17.5 Å². The van der Waals surface area contributed by atoms with E-state index in [1.54, 1.807) is 16.3 Å². The average Bonchev–Trinajstić information content (AvgIpc) is 3.47. The van der Waals surface area contributed by atoms with E-state index < -0.39 is 5.91 Å². The maximum absolute atomic E-state index is 12.3. The van der Waals surface area contributed by atoms with Crippen molar-refractivity contribution in [2.24, 2.45) is 25.6 Å². The molecule has 10 heteroatoms. The molecule has 1 aliphatic carbocycles. The molecule has 1 aromatic carbocycles. The first-order valence-electron chi connectivity index (χ1n) is 11.2. The van der Waals surface area contributed by atoms with Crippen LogP contribution < -0.4 is 22.1 Å². The quantitative estimate of drug-likeness (QED) is 0.359. The van der Waals surface area contributed by atoms with Crippen molar-refractivity contribution in [3.8, 4) is 5.82 Å². The second kappa shape index (κ2) is 8.28. The number of anilines is 3. The highest BCUT2D eigenvalue weighted by Gasteiger charge is 2.26. The molecule has 1 amide bonds. The summed E-state index contributed by atoms with van der Waals surface area (Å²) in [5, 5.41) is 12.2. The molecule has 0 saturated heterocycles. The lowest BCUT2D eigenvalue weighted by atomic mass is 9.91.